The number of carbonyl (C=O) groups is 1. The number of benzene rings is 1. The van der Waals surface area contributed by atoms with Crippen molar-refractivity contribution < 1.29 is 4.79 Å². The summed E-state index contributed by atoms with van der Waals surface area (Å²) >= 11 is 0. The van der Waals surface area contributed by atoms with E-state index in [1.807, 2.05) is 6.07 Å². The maximum absolute atomic E-state index is 11.6. The van der Waals surface area contributed by atoms with Gasteiger partial charge in [0.1, 0.15) is 6.33 Å². The van der Waals surface area contributed by atoms with Crippen molar-refractivity contribution in [3.05, 3.63) is 43.0 Å². The van der Waals surface area contributed by atoms with Gasteiger partial charge < -0.3 is 11.1 Å². The van der Waals surface area contributed by atoms with Gasteiger partial charge in [-0.1, -0.05) is 12.1 Å². The topological polar surface area (TPSA) is 72.9 Å². The fourth-order valence-electron chi connectivity index (χ4n) is 1.17. The molecular weight excluding hydrogens is 192 g/mol. The van der Waals surface area contributed by atoms with Gasteiger partial charge >= 0.3 is 6.03 Å². The number of hydrogen-bond acceptors (Lipinski definition) is 3. The molecule has 1 aromatic heterocycles. The minimum absolute atomic E-state index is 0.287. The molecule has 5 heteroatoms. The molecule has 0 saturated heterocycles. The quantitative estimate of drug-likeness (QED) is 0.689. The average molecular weight is 202 g/mol. The molecule has 2 rings (SSSR count). The molecule has 0 aliphatic carbocycles. The third-order valence-corrected chi connectivity index (χ3v) is 1.94. The smallest absolute Gasteiger partial charge is 0.331 e. The van der Waals surface area contributed by atoms with E-state index in [2.05, 4.69) is 10.3 Å². The Morgan fingerprint density at radius 1 is 1.40 bits per heavy atom. The molecule has 0 aliphatic heterocycles. The summed E-state index contributed by atoms with van der Waals surface area (Å²) in [6.07, 6.45) is 4.52. The number of nitrogens with one attached hydrogen (secondary N) is 1. The Hall–Kier alpha value is -2.30. The third kappa shape index (κ3) is 1.96. The fraction of sp³-hybridized carbons (Fsp3) is 0. The summed E-state index contributed by atoms with van der Waals surface area (Å²) in [5.41, 5.74) is 6.81. The highest BCUT2D eigenvalue weighted by molar-refractivity contribution is 5.93. The molecular formula is C10H10N4O. The first-order chi connectivity index (χ1) is 7.27. The number of anilines is 2. The van der Waals surface area contributed by atoms with Crippen LogP contribution < -0.4 is 11.1 Å². The fourth-order valence-corrected chi connectivity index (χ4v) is 1.17. The second-order valence-electron chi connectivity index (χ2n) is 2.99. The molecule has 0 unspecified atom stereocenters. The Labute approximate surface area is 86.5 Å². The Morgan fingerprint density at radius 3 is 2.87 bits per heavy atom. The second kappa shape index (κ2) is 3.83. The van der Waals surface area contributed by atoms with E-state index >= 15 is 0 Å². The van der Waals surface area contributed by atoms with Crippen molar-refractivity contribution in [2.45, 2.75) is 0 Å². The first-order valence-corrected chi connectivity index (χ1v) is 4.41. The number of aromatic nitrogens is 2. The predicted octanol–water partition coefficient (Wildman–Crippen LogP) is 1.55. The van der Waals surface area contributed by atoms with Crippen LogP contribution in [0.15, 0.2) is 43.0 Å². The van der Waals surface area contributed by atoms with Gasteiger partial charge in [0.15, 0.2) is 0 Å². The zero-order valence-electron chi connectivity index (χ0n) is 7.92. The van der Waals surface area contributed by atoms with E-state index in [-0.39, 0.29) is 6.03 Å². The molecule has 0 aliphatic rings. The van der Waals surface area contributed by atoms with Gasteiger partial charge in [-0.15, -0.1) is 0 Å². The van der Waals surface area contributed by atoms with Crippen LogP contribution in [0.5, 0.6) is 0 Å². The molecule has 2 aromatic rings. The average Bonchev–Trinajstić information content (AvgIpc) is 2.74. The number of nitrogen functional groups attached to an aromatic ring is 1. The summed E-state index contributed by atoms with van der Waals surface area (Å²) in [6, 6.07) is 6.79. The standard InChI is InChI=1S/C10H10N4O/c11-8-3-1-2-4-9(8)13-10(15)14-6-5-12-7-14/h1-7H,11H2,(H,13,15). The second-order valence-corrected chi connectivity index (χ2v) is 2.99. The van der Waals surface area contributed by atoms with Crippen LogP contribution in [-0.2, 0) is 0 Å². The van der Waals surface area contributed by atoms with E-state index in [9.17, 15) is 4.79 Å². The van der Waals surface area contributed by atoms with Crippen LogP contribution in [0, 0.1) is 0 Å². The molecule has 1 heterocycles. The maximum atomic E-state index is 11.6. The minimum Gasteiger partial charge on any atom is -0.397 e. The van der Waals surface area contributed by atoms with E-state index in [0.29, 0.717) is 11.4 Å². The lowest BCUT2D eigenvalue weighted by Gasteiger charge is -2.07. The number of hydrogen-bond donors (Lipinski definition) is 2. The van der Waals surface area contributed by atoms with Gasteiger partial charge in [0.05, 0.1) is 11.4 Å². The van der Waals surface area contributed by atoms with E-state index in [4.69, 9.17) is 5.73 Å². The molecule has 5 nitrogen and oxygen atoms in total. The number of amides is 1. The molecule has 15 heavy (non-hydrogen) atoms. The SMILES string of the molecule is Nc1ccccc1NC(=O)n1ccnc1. The molecule has 0 saturated carbocycles. The van der Waals surface area contributed by atoms with Crippen LogP contribution >= 0.6 is 0 Å². The summed E-state index contributed by atoms with van der Waals surface area (Å²) < 4.78 is 1.34. The van der Waals surface area contributed by atoms with Crippen LogP contribution in [-0.4, -0.2) is 15.6 Å². The number of imidazole rings is 1. The van der Waals surface area contributed by atoms with Crippen molar-refractivity contribution in [3.8, 4) is 0 Å². The summed E-state index contributed by atoms with van der Waals surface area (Å²) in [6.45, 7) is 0. The number of rotatable bonds is 1. The van der Waals surface area contributed by atoms with Gasteiger partial charge in [-0.25, -0.2) is 9.78 Å². The molecule has 76 valence electrons. The van der Waals surface area contributed by atoms with Gasteiger partial charge in [0, 0.05) is 12.4 Å². The zero-order valence-corrected chi connectivity index (χ0v) is 7.92. The van der Waals surface area contributed by atoms with E-state index in [1.54, 1.807) is 24.4 Å². The number of nitrogens with two attached hydrogens (primary N) is 1. The molecule has 1 amide bonds. The summed E-state index contributed by atoms with van der Waals surface area (Å²) in [5.74, 6) is 0. The lowest BCUT2D eigenvalue weighted by molar-refractivity contribution is 0.253. The molecule has 0 bridgehead atoms. The maximum Gasteiger partial charge on any atom is 0.331 e. The van der Waals surface area contributed by atoms with Crippen molar-refractivity contribution in [1.82, 2.24) is 9.55 Å². The third-order valence-electron chi connectivity index (χ3n) is 1.94. The summed E-state index contributed by atoms with van der Waals surface area (Å²) in [4.78, 5) is 15.4. The largest absolute Gasteiger partial charge is 0.397 e. The van der Waals surface area contributed by atoms with Crippen molar-refractivity contribution in [2.75, 3.05) is 11.1 Å². The van der Waals surface area contributed by atoms with Gasteiger partial charge in [0.25, 0.3) is 0 Å². The number of para-hydroxylation sites is 2. The Balaban J connectivity index is 2.17. The van der Waals surface area contributed by atoms with Crippen LogP contribution in [0.25, 0.3) is 0 Å². The Morgan fingerprint density at radius 2 is 2.20 bits per heavy atom. The normalized spacial score (nSPS) is 9.87. The first kappa shape index (κ1) is 9.26. The summed E-state index contributed by atoms with van der Waals surface area (Å²) in [5, 5.41) is 2.67. The van der Waals surface area contributed by atoms with E-state index in [1.165, 1.54) is 17.1 Å². The zero-order chi connectivity index (χ0) is 10.7. The van der Waals surface area contributed by atoms with E-state index < -0.39 is 0 Å². The predicted molar refractivity (Wildman–Crippen MR) is 57.5 cm³/mol. The minimum atomic E-state index is -0.287. The Bertz CT molecular complexity index is 464. The van der Waals surface area contributed by atoms with Crippen LogP contribution in [0.4, 0.5) is 16.2 Å². The van der Waals surface area contributed by atoms with Gasteiger partial charge in [0.2, 0.25) is 0 Å². The number of nitrogens with zero attached hydrogens (tertiary/aromatic N) is 2. The molecule has 3 N–H and O–H groups in total. The first-order valence-electron chi connectivity index (χ1n) is 4.41. The highest BCUT2D eigenvalue weighted by atomic mass is 16.2. The molecule has 0 radical (unpaired) electrons. The van der Waals surface area contributed by atoms with Crippen molar-refractivity contribution in [3.63, 3.8) is 0 Å². The van der Waals surface area contributed by atoms with Crippen molar-refractivity contribution in [2.24, 2.45) is 0 Å². The monoisotopic (exact) mass is 202 g/mol. The van der Waals surface area contributed by atoms with Gasteiger partial charge in [-0.05, 0) is 12.1 Å². The van der Waals surface area contributed by atoms with Gasteiger partial charge in [-0.2, -0.15) is 0 Å². The van der Waals surface area contributed by atoms with Crippen molar-refractivity contribution in [1.29, 1.82) is 0 Å². The Kier molecular flexibility index (Phi) is 2.37. The molecule has 0 fully saturated rings. The van der Waals surface area contributed by atoms with E-state index in [0.717, 1.165) is 0 Å². The van der Waals surface area contributed by atoms with Crippen LogP contribution in [0.3, 0.4) is 0 Å². The summed E-state index contributed by atoms with van der Waals surface area (Å²) in [7, 11) is 0. The van der Waals surface area contributed by atoms with Crippen LogP contribution in [0.2, 0.25) is 0 Å². The molecule has 0 spiro atoms. The highest BCUT2D eigenvalue weighted by Crippen LogP contribution is 2.16. The lowest BCUT2D eigenvalue weighted by atomic mass is 10.3. The lowest BCUT2D eigenvalue weighted by Crippen LogP contribution is -2.18. The number of carbonyl (C=O) groups excluding carboxylic acids is 1. The van der Waals surface area contributed by atoms with Gasteiger partial charge in [-0.3, -0.25) is 4.57 Å². The van der Waals surface area contributed by atoms with Crippen LogP contribution in [0.1, 0.15) is 0 Å². The van der Waals surface area contributed by atoms with Crippen molar-refractivity contribution >= 4 is 17.4 Å². The molecule has 1 aromatic carbocycles. The highest BCUT2D eigenvalue weighted by Gasteiger charge is 2.05. The molecule has 0 atom stereocenters.